The van der Waals surface area contributed by atoms with Crippen LogP contribution in [-0.2, 0) is 9.47 Å². The molecule has 1 fully saturated rings. The predicted octanol–water partition coefficient (Wildman–Crippen LogP) is 0.583. The Kier molecular flexibility index (Phi) is 0.972. The van der Waals surface area contributed by atoms with Crippen molar-refractivity contribution in [3.8, 4) is 0 Å². The molecule has 0 aromatic carbocycles. The highest BCUT2D eigenvalue weighted by atomic mass is 19.3. The third kappa shape index (κ3) is 1.07. The van der Waals surface area contributed by atoms with E-state index in [0.717, 1.165) is 0 Å². The molecule has 1 heterocycles. The van der Waals surface area contributed by atoms with E-state index in [2.05, 4.69) is 9.47 Å². The minimum atomic E-state index is -3.31. The van der Waals surface area contributed by atoms with E-state index < -0.39 is 6.29 Å². The van der Waals surface area contributed by atoms with Gasteiger partial charge in [-0.25, -0.2) is 0 Å². The zero-order valence-corrected chi connectivity index (χ0v) is 3.49. The summed E-state index contributed by atoms with van der Waals surface area (Å²) >= 11 is 0. The fraction of sp³-hybridized carbons (Fsp3) is 1.00. The van der Waals surface area contributed by atoms with Gasteiger partial charge in [-0.05, 0) is 0 Å². The van der Waals surface area contributed by atoms with Crippen molar-refractivity contribution in [2.45, 2.75) is 6.29 Å². The monoisotopic (exact) mass is 110 g/mol. The molecule has 1 saturated heterocycles. The molecule has 4 heteroatoms. The molecule has 0 unspecified atom stereocenters. The van der Waals surface area contributed by atoms with Crippen molar-refractivity contribution in [1.82, 2.24) is 0 Å². The van der Waals surface area contributed by atoms with Crippen molar-refractivity contribution in [3.05, 3.63) is 0 Å². The summed E-state index contributed by atoms with van der Waals surface area (Å²) in [6.45, 7) is -0.0139. The third-order valence-corrected chi connectivity index (χ3v) is 0.624. The second-order valence-electron chi connectivity index (χ2n) is 1.16. The van der Waals surface area contributed by atoms with Gasteiger partial charge in [-0.15, -0.1) is 8.78 Å². The molecule has 0 aliphatic carbocycles. The Morgan fingerprint density at radius 1 is 1.14 bits per heavy atom. The van der Waals surface area contributed by atoms with Crippen LogP contribution in [0.25, 0.3) is 0 Å². The van der Waals surface area contributed by atoms with Gasteiger partial charge in [-0.2, -0.15) is 0 Å². The van der Waals surface area contributed by atoms with Crippen LogP contribution >= 0.6 is 0 Å². The van der Waals surface area contributed by atoms with Crippen molar-refractivity contribution in [3.63, 3.8) is 0 Å². The molecule has 0 atom stereocenters. The topological polar surface area (TPSA) is 18.5 Å². The molecule has 0 bridgehead atoms. The molecule has 0 N–H and O–H groups in total. The molecule has 0 radical (unpaired) electrons. The fourth-order valence-electron chi connectivity index (χ4n) is 0.363. The minimum Gasteiger partial charge on any atom is -0.293 e. The van der Waals surface area contributed by atoms with Crippen molar-refractivity contribution in [1.29, 1.82) is 0 Å². The average Bonchev–Trinajstić information content (AvgIpc) is 1.84. The lowest BCUT2D eigenvalue weighted by Crippen LogP contribution is -2.14. The Labute approximate surface area is 39.0 Å². The standard InChI is InChI=1S/C3H4F2O2/c4-3(5)6-1-2-7-3/h1-2H2. The number of hydrogen-bond donors (Lipinski definition) is 0. The zero-order valence-electron chi connectivity index (χ0n) is 3.49. The van der Waals surface area contributed by atoms with E-state index in [9.17, 15) is 8.78 Å². The van der Waals surface area contributed by atoms with Gasteiger partial charge in [0.25, 0.3) is 0 Å². The first-order valence-electron chi connectivity index (χ1n) is 1.86. The number of rotatable bonds is 0. The summed E-state index contributed by atoms with van der Waals surface area (Å²) in [5.41, 5.74) is 0. The smallest absolute Gasteiger partial charge is 0.293 e. The summed E-state index contributed by atoms with van der Waals surface area (Å²) in [4.78, 5) is 0. The molecule has 2 nitrogen and oxygen atoms in total. The SMILES string of the molecule is FC1(F)OCCO1. The van der Waals surface area contributed by atoms with Gasteiger partial charge < -0.3 is 0 Å². The van der Waals surface area contributed by atoms with Gasteiger partial charge in [-0.1, -0.05) is 0 Å². The van der Waals surface area contributed by atoms with Crippen LogP contribution in [0.5, 0.6) is 0 Å². The first-order chi connectivity index (χ1) is 3.21. The van der Waals surface area contributed by atoms with Crippen molar-refractivity contribution in [2.75, 3.05) is 13.2 Å². The van der Waals surface area contributed by atoms with E-state index in [1.165, 1.54) is 0 Å². The molecule has 42 valence electrons. The largest absolute Gasteiger partial charge is 0.485 e. The van der Waals surface area contributed by atoms with E-state index in [4.69, 9.17) is 0 Å². The normalized spacial score (nSPS) is 28.3. The van der Waals surface area contributed by atoms with Crippen LogP contribution in [0, 0.1) is 0 Å². The minimum absolute atomic E-state index is 0.00694. The Hall–Kier alpha value is -0.220. The Balaban J connectivity index is 2.40. The van der Waals surface area contributed by atoms with Gasteiger partial charge in [-0.3, -0.25) is 9.47 Å². The van der Waals surface area contributed by atoms with E-state index in [0.29, 0.717) is 0 Å². The van der Waals surface area contributed by atoms with Gasteiger partial charge >= 0.3 is 6.29 Å². The van der Waals surface area contributed by atoms with Crippen molar-refractivity contribution in [2.24, 2.45) is 0 Å². The van der Waals surface area contributed by atoms with E-state index in [1.54, 1.807) is 0 Å². The fourth-order valence-corrected chi connectivity index (χ4v) is 0.363. The number of hydrogen-bond acceptors (Lipinski definition) is 2. The van der Waals surface area contributed by atoms with Crippen LogP contribution in [0.4, 0.5) is 8.78 Å². The zero-order chi connectivity index (χ0) is 5.33. The first-order valence-corrected chi connectivity index (χ1v) is 1.86. The lowest BCUT2D eigenvalue weighted by atomic mass is 10.8. The number of alkyl halides is 2. The van der Waals surface area contributed by atoms with Gasteiger partial charge in [0.2, 0.25) is 0 Å². The summed E-state index contributed by atoms with van der Waals surface area (Å²) in [6.07, 6.45) is -3.31. The number of halogens is 2. The maximum Gasteiger partial charge on any atom is 0.485 e. The van der Waals surface area contributed by atoms with Crippen LogP contribution in [0.1, 0.15) is 0 Å². The molecule has 0 aromatic heterocycles. The molecule has 0 aromatic rings. The Morgan fingerprint density at radius 3 is 1.71 bits per heavy atom. The number of ether oxygens (including phenoxy) is 2. The third-order valence-electron chi connectivity index (χ3n) is 0.624. The second-order valence-corrected chi connectivity index (χ2v) is 1.16. The van der Waals surface area contributed by atoms with E-state index in [1.807, 2.05) is 0 Å². The maximum atomic E-state index is 11.5. The lowest BCUT2D eigenvalue weighted by Gasteiger charge is -2.01. The molecule has 7 heavy (non-hydrogen) atoms. The molecule has 0 saturated carbocycles. The van der Waals surface area contributed by atoms with Gasteiger partial charge in [0.05, 0.1) is 13.2 Å². The van der Waals surface area contributed by atoms with Crippen molar-refractivity contribution < 1.29 is 18.3 Å². The van der Waals surface area contributed by atoms with Gasteiger partial charge in [0, 0.05) is 0 Å². The highest BCUT2D eigenvalue weighted by Crippen LogP contribution is 2.20. The molecule has 1 aliphatic rings. The molecule has 0 spiro atoms. The lowest BCUT2D eigenvalue weighted by molar-refractivity contribution is -0.339. The molecular weight excluding hydrogens is 106 g/mol. The Bertz CT molecular complexity index is 65.3. The predicted molar refractivity (Wildman–Crippen MR) is 16.9 cm³/mol. The summed E-state index contributed by atoms with van der Waals surface area (Å²) in [6, 6.07) is 0. The second kappa shape index (κ2) is 1.38. The summed E-state index contributed by atoms with van der Waals surface area (Å²) in [5, 5.41) is 0. The Morgan fingerprint density at radius 2 is 1.57 bits per heavy atom. The van der Waals surface area contributed by atoms with Crippen LogP contribution in [-0.4, -0.2) is 19.5 Å². The molecular formula is C3H4F2O2. The van der Waals surface area contributed by atoms with Crippen LogP contribution in [0.15, 0.2) is 0 Å². The molecule has 1 rings (SSSR count). The van der Waals surface area contributed by atoms with Gasteiger partial charge in [0.1, 0.15) is 0 Å². The summed E-state index contributed by atoms with van der Waals surface area (Å²) < 4.78 is 30.6. The highest BCUT2D eigenvalue weighted by molar-refractivity contribution is 4.42. The molecule has 1 aliphatic heterocycles. The quantitative estimate of drug-likeness (QED) is 0.454. The summed E-state index contributed by atoms with van der Waals surface area (Å²) in [5.74, 6) is 0. The highest BCUT2D eigenvalue weighted by Gasteiger charge is 2.36. The van der Waals surface area contributed by atoms with Crippen molar-refractivity contribution >= 4 is 0 Å². The maximum absolute atomic E-state index is 11.5. The summed E-state index contributed by atoms with van der Waals surface area (Å²) in [7, 11) is 0. The van der Waals surface area contributed by atoms with E-state index >= 15 is 0 Å². The van der Waals surface area contributed by atoms with Gasteiger partial charge in [0.15, 0.2) is 0 Å². The van der Waals surface area contributed by atoms with E-state index in [-0.39, 0.29) is 13.2 Å². The van der Waals surface area contributed by atoms with Crippen LogP contribution < -0.4 is 0 Å². The molecule has 0 amide bonds. The average molecular weight is 110 g/mol. The first kappa shape index (κ1) is 4.93. The van der Waals surface area contributed by atoms with Crippen LogP contribution in [0.2, 0.25) is 0 Å². The van der Waals surface area contributed by atoms with Crippen LogP contribution in [0.3, 0.4) is 0 Å².